The maximum Gasteiger partial charge on any atom is 0.410 e. The molecule has 1 amide bonds. The fraction of sp³-hybridized carbons (Fsp3) is 0.963. The highest BCUT2D eigenvalue weighted by molar-refractivity contribution is 5.68. The van der Waals surface area contributed by atoms with E-state index in [4.69, 9.17) is 4.74 Å². The van der Waals surface area contributed by atoms with Crippen molar-refractivity contribution in [3.05, 3.63) is 0 Å². The topological polar surface area (TPSA) is 48.1 Å². The Balaban J connectivity index is 0.000000203. The molecule has 0 aromatic rings. The van der Waals surface area contributed by atoms with Crippen LogP contribution in [0.25, 0.3) is 0 Å². The highest BCUT2D eigenvalue weighted by Gasteiger charge is 2.32. The van der Waals surface area contributed by atoms with Crippen LogP contribution in [-0.2, 0) is 4.74 Å². The van der Waals surface area contributed by atoms with Gasteiger partial charge in [-0.2, -0.15) is 0 Å². The molecule has 6 heteroatoms. The quantitative estimate of drug-likeness (QED) is 0.660. The number of hydrogen-bond donors (Lipinski definition) is 1. The van der Waals surface area contributed by atoms with E-state index in [0.29, 0.717) is 0 Å². The van der Waals surface area contributed by atoms with Crippen molar-refractivity contribution in [3.8, 4) is 0 Å². The molecule has 0 bridgehead atoms. The molecule has 33 heavy (non-hydrogen) atoms. The molecule has 0 aromatic carbocycles. The lowest BCUT2D eigenvalue weighted by Gasteiger charge is -2.39. The molecule has 192 valence electrons. The summed E-state index contributed by atoms with van der Waals surface area (Å²) in [6, 6.07) is 0. The predicted octanol–water partition coefficient (Wildman–Crippen LogP) is 4.30. The van der Waals surface area contributed by atoms with Gasteiger partial charge in [0.1, 0.15) is 5.60 Å². The second kappa shape index (κ2) is 12.7. The van der Waals surface area contributed by atoms with Gasteiger partial charge in [0, 0.05) is 13.1 Å². The Labute approximate surface area is 203 Å². The van der Waals surface area contributed by atoms with E-state index in [1.807, 2.05) is 25.7 Å². The number of nitrogens with zero attached hydrogens (tertiary/aromatic N) is 3. The van der Waals surface area contributed by atoms with Gasteiger partial charge in [0.05, 0.1) is 0 Å². The summed E-state index contributed by atoms with van der Waals surface area (Å²) in [5.41, 5.74) is -0.387. The molecule has 4 fully saturated rings. The van der Waals surface area contributed by atoms with Crippen LogP contribution in [0.1, 0.15) is 72.1 Å². The van der Waals surface area contributed by atoms with E-state index in [-0.39, 0.29) is 11.7 Å². The Bertz CT molecular complexity index is 563. The SMILES string of the molecule is CN1CCC(C2CCN(C(=O)OC(C)(C)C)CC2)CC1.CN1CCC(C2CCNCC2)CC1. The maximum atomic E-state index is 12.0. The normalized spacial score (nSPS) is 26.0. The molecule has 4 rings (SSSR count). The number of ether oxygens (including phenoxy) is 1. The summed E-state index contributed by atoms with van der Waals surface area (Å²) in [6.07, 6.45) is 10.5. The van der Waals surface area contributed by atoms with E-state index in [0.717, 1.165) is 49.6 Å². The first-order valence-electron chi connectivity index (χ1n) is 13.8. The molecule has 0 spiro atoms. The third-order valence-corrected chi connectivity index (χ3v) is 8.43. The van der Waals surface area contributed by atoms with Crippen LogP contribution in [0.15, 0.2) is 0 Å². The van der Waals surface area contributed by atoms with Gasteiger partial charge in [-0.3, -0.25) is 0 Å². The number of nitrogens with one attached hydrogen (secondary N) is 1. The lowest BCUT2D eigenvalue weighted by Crippen LogP contribution is -2.44. The molecule has 4 aliphatic heterocycles. The van der Waals surface area contributed by atoms with Crippen molar-refractivity contribution in [1.82, 2.24) is 20.0 Å². The minimum atomic E-state index is -0.387. The van der Waals surface area contributed by atoms with E-state index in [1.54, 1.807) is 0 Å². The molecule has 4 aliphatic rings. The summed E-state index contributed by atoms with van der Waals surface area (Å²) in [5.74, 6) is 3.75. The molecule has 4 heterocycles. The van der Waals surface area contributed by atoms with Crippen LogP contribution in [0.5, 0.6) is 0 Å². The summed E-state index contributed by atoms with van der Waals surface area (Å²) in [4.78, 5) is 18.8. The molecular formula is C27H52N4O2. The molecule has 0 aliphatic carbocycles. The number of carbonyl (C=O) groups excluding carboxylic acids is 1. The van der Waals surface area contributed by atoms with E-state index < -0.39 is 0 Å². The van der Waals surface area contributed by atoms with E-state index in [9.17, 15) is 4.79 Å². The molecule has 0 saturated carbocycles. The first-order chi connectivity index (χ1) is 15.7. The zero-order valence-electron chi connectivity index (χ0n) is 22.3. The largest absolute Gasteiger partial charge is 0.444 e. The average Bonchev–Trinajstić information content (AvgIpc) is 2.80. The van der Waals surface area contributed by atoms with E-state index in [1.165, 1.54) is 77.8 Å². The van der Waals surface area contributed by atoms with Crippen molar-refractivity contribution in [2.24, 2.45) is 23.7 Å². The Morgan fingerprint density at radius 3 is 1.42 bits per heavy atom. The second-order valence-electron chi connectivity index (χ2n) is 12.2. The summed E-state index contributed by atoms with van der Waals surface area (Å²) < 4.78 is 5.45. The van der Waals surface area contributed by atoms with Crippen LogP contribution in [0.4, 0.5) is 4.79 Å². The third kappa shape index (κ3) is 9.03. The van der Waals surface area contributed by atoms with E-state index >= 15 is 0 Å². The Hall–Kier alpha value is -0.850. The van der Waals surface area contributed by atoms with Gasteiger partial charge < -0.3 is 24.8 Å². The van der Waals surface area contributed by atoms with Crippen molar-refractivity contribution < 1.29 is 9.53 Å². The Morgan fingerprint density at radius 2 is 1.03 bits per heavy atom. The lowest BCUT2D eigenvalue weighted by molar-refractivity contribution is 0.0139. The summed E-state index contributed by atoms with van der Waals surface area (Å²) in [6.45, 7) is 15.2. The van der Waals surface area contributed by atoms with Crippen LogP contribution in [0, 0.1) is 23.7 Å². The minimum absolute atomic E-state index is 0.140. The number of piperidine rings is 4. The molecule has 4 saturated heterocycles. The zero-order chi connectivity index (χ0) is 23.8. The van der Waals surface area contributed by atoms with Crippen molar-refractivity contribution in [2.45, 2.75) is 77.7 Å². The van der Waals surface area contributed by atoms with Gasteiger partial charge in [-0.05, 0) is 149 Å². The fourth-order valence-corrected chi connectivity index (χ4v) is 6.20. The smallest absolute Gasteiger partial charge is 0.410 e. The predicted molar refractivity (Wildman–Crippen MR) is 137 cm³/mol. The standard InChI is InChI=1S/C16H30N2O2.C11H22N2/c1-16(2,3)20-15(19)18-11-7-14(8-12-18)13-5-9-17(4)10-6-13;1-13-8-4-11(5-9-13)10-2-6-12-7-3-10/h13-14H,5-12H2,1-4H3;10-12H,2-9H2,1H3. The van der Waals surface area contributed by atoms with Crippen molar-refractivity contribution in [1.29, 1.82) is 0 Å². The number of amides is 1. The second-order valence-corrected chi connectivity index (χ2v) is 12.2. The summed E-state index contributed by atoms with van der Waals surface area (Å²) in [5, 5.41) is 3.45. The highest BCUT2D eigenvalue weighted by Crippen LogP contribution is 2.32. The number of hydrogen-bond acceptors (Lipinski definition) is 5. The van der Waals surface area contributed by atoms with Crippen molar-refractivity contribution in [2.75, 3.05) is 66.5 Å². The van der Waals surface area contributed by atoms with Crippen LogP contribution < -0.4 is 5.32 Å². The highest BCUT2D eigenvalue weighted by atomic mass is 16.6. The summed E-state index contributed by atoms with van der Waals surface area (Å²) >= 11 is 0. The molecule has 0 unspecified atom stereocenters. The van der Waals surface area contributed by atoms with Crippen molar-refractivity contribution >= 4 is 6.09 Å². The van der Waals surface area contributed by atoms with Crippen LogP contribution in [0.3, 0.4) is 0 Å². The number of likely N-dealkylation sites (tertiary alicyclic amines) is 3. The van der Waals surface area contributed by atoms with Gasteiger partial charge in [0.2, 0.25) is 0 Å². The molecule has 1 N–H and O–H groups in total. The van der Waals surface area contributed by atoms with Gasteiger partial charge in [0.25, 0.3) is 0 Å². The third-order valence-electron chi connectivity index (χ3n) is 8.43. The fourth-order valence-electron chi connectivity index (χ4n) is 6.20. The lowest BCUT2D eigenvalue weighted by atomic mass is 9.79. The Morgan fingerprint density at radius 1 is 0.667 bits per heavy atom. The Kier molecular flexibility index (Phi) is 10.3. The minimum Gasteiger partial charge on any atom is -0.444 e. The van der Waals surface area contributed by atoms with Gasteiger partial charge in [-0.15, -0.1) is 0 Å². The number of rotatable bonds is 2. The zero-order valence-corrected chi connectivity index (χ0v) is 22.3. The van der Waals surface area contributed by atoms with Gasteiger partial charge >= 0.3 is 6.09 Å². The van der Waals surface area contributed by atoms with Crippen LogP contribution in [-0.4, -0.2) is 92.8 Å². The van der Waals surface area contributed by atoms with Crippen molar-refractivity contribution in [3.63, 3.8) is 0 Å². The van der Waals surface area contributed by atoms with Crippen LogP contribution in [0.2, 0.25) is 0 Å². The average molecular weight is 465 g/mol. The van der Waals surface area contributed by atoms with Gasteiger partial charge in [-0.1, -0.05) is 0 Å². The maximum absolute atomic E-state index is 12.0. The van der Waals surface area contributed by atoms with Crippen LogP contribution >= 0.6 is 0 Å². The monoisotopic (exact) mass is 464 g/mol. The van der Waals surface area contributed by atoms with E-state index in [2.05, 4.69) is 29.2 Å². The molecule has 6 nitrogen and oxygen atoms in total. The number of carbonyl (C=O) groups is 1. The van der Waals surface area contributed by atoms with Gasteiger partial charge in [0.15, 0.2) is 0 Å². The first kappa shape index (κ1) is 26.7. The molecule has 0 atom stereocenters. The molecule has 0 aromatic heterocycles. The molecular weight excluding hydrogens is 412 g/mol. The molecule has 0 radical (unpaired) electrons. The van der Waals surface area contributed by atoms with Gasteiger partial charge in [-0.25, -0.2) is 4.79 Å². The first-order valence-corrected chi connectivity index (χ1v) is 13.8. The summed E-state index contributed by atoms with van der Waals surface area (Å²) in [7, 11) is 4.46.